The van der Waals surface area contributed by atoms with Crippen molar-refractivity contribution in [2.75, 3.05) is 0 Å². The van der Waals surface area contributed by atoms with E-state index < -0.39 is 0 Å². The predicted octanol–water partition coefficient (Wildman–Crippen LogP) is 17.4. The van der Waals surface area contributed by atoms with E-state index in [1.165, 1.54) is 150 Å². The smallest absolute Gasteiger partial charge is 0.158 e. The summed E-state index contributed by atoms with van der Waals surface area (Å²) in [5.74, 6) is 0.510. The summed E-state index contributed by atoms with van der Waals surface area (Å²) in [6, 6.07) is 84.7. The SMILES string of the molecule is CCC(CC)c1cc[n+]2c(c1)-c1cc3c(ccc4ccccc43)cc1C/C2=C1/Cc2ccccc2-c2cc(-c3ccc4ccc5cc6c(cc5c4c3)-c3cccc[n+]3C[n+]3ccccc3-c3cc(-c4ccccc4)ccc3CC=C6)cc[n+]21. The highest BCUT2D eigenvalue weighted by Gasteiger charge is 2.39. The van der Waals surface area contributed by atoms with Crippen LogP contribution in [-0.2, 0) is 25.9 Å². The molecule has 0 spiro atoms. The highest BCUT2D eigenvalue weighted by molar-refractivity contribution is 6.11. The topological polar surface area (TPSA) is 15.5 Å². The molecule has 9 aromatic carbocycles. The molecule has 0 bridgehead atoms. The second-order valence-electron chi connectivity index (χ2n) is 23.1. The summed E-state index contributed by atoms with van der Waals surface area (Å²) in [7, 11) is 0. The Bertz CT molecular complexity index is 4890. The molecule has 0 radical (unpaired) electrons. The monoisotopic (exact) mass is 1070 g/mol. The average molecular weight is 1070 g/mol. The van der Waals surface area contributed by atoms with Crippen molar-refractivity contribution in [3.63, 3.8) is 0 Å². The van der Waals surface area contributed by atoms with Gasteiger partial charge in [0.15, 0.2) is 24.8 Å². The lowest BCUT2D eigenvalue weighted by atomic mass is 9.86. The molecule has 0 amide bonds. The third-order valence-corrected chi connectivity index (χ3v) is 18.5. The van der Waals surface area contributed by atoms with Crippen LogP contribution in [0.25, 0.3) is 128 Å². The Morgan fingerprint density at radius 3 is 1.77 bits per heavy atom. The Morgan fingerprint density at radius 2 is 0.952 bits per heavy atom. The highest BCUT2D eigenvalue weighted by atomic mass is 15.1. The van der Waals surface area contributed by atoms with Crippen molar-refractivity contribution in [3.8, 4) is 67.3 Å². The summed E-state index contributed by atoms with van der Waals surface area (Å²) < 4.78 is 9.85. The van der Waals surface area contributed by atoms with Gasteiger partial charge in [0, 0.05) is 48.5 Å². The minimum Gasteiger partial charge on any atom is -0.158 e. The lowest BCUT2D eigenvalue weighted by Gasteiger charge is -2.23. The summed E-state index contributed by atoms with van der Waals surface area (Å²) in [5.41, 5.74) is 24.1. The molecule has 3 aliphatic rings. The average Bonchev–Trinajstić information content (AvgIpc) is 3.69. The van der Waals surface area contributed by atoms with Gasteiger partial charge in [0.2, 0.25) is 22.8 Å². The second kappa shape index (κ2) is 20.0. The van der Waals surface area contributed by atoms with Crippen LogP contribution in [0.15, 0.2) is 255 Å². The van der Waals surface area contributed by atoms with Crippen LogP contribution in [0.2, 0.25) is 0 Å². The summed E-state index contributed by atoms with van der Waals surface area (Å²) in [5, 5.41) is 10.2. The van der Waals surface area contributed by atoms with Gasteiger partial charge >= 0.3 is 6.67 Å². The zero-order valence-corrected chi connectivity index (χ0v) is 46.9. The Labute approximate surface area is 485 Å². The standard InChI is InChI=1S/C79H62N4/c1-3-52(4-2)59-35-39-83-77(45-59)73-49-69-64(33-29-54-19-8-10-23-66(54)69)42-65(73)48-79(83)78-47-62-20-9-11-24-67(62)76-46-60(36-40-82(76)78)58-32-28-56-30-34-63-41-61-22-16-21-55-27-31-57(53-17-6-5-7-18-53)44-71(55)74-25-12-14-37-80(74)51-81-38-15-13-26-75(81)72(61)50-70(63)68(56)43-58/h5-20,22-46,49-50,52H,3-4,21,47-48,51H2,1-2H3/q+4/b22-16?,79-78+. The van der Waals surface area contributed by atoms with Crippen LogP contribution >= 0.6 is 0 Å². The Kier molecular flexibility index (Phi) is 11.8. The quantitative estimate of drug-likeness (QED) is 0.121. The Balaban J connectivity index is 0.828. The van der Waals surface area contributed by atoms with Gasteiger partial charge in [-0.05, 0) is 173 Å². The van der Waals surface area contributed by atoms with Crippen LogP contribution in [0.4, 0.5) is 0 Å². The van der Waals surface area contributed by atoms with Crippen molar-refractivity contribution in [1.29, 1.82) is 0 Å². The zero-order valence-electron chi connectivity index (χ0n) is 46.9. The number of hydrogen-bond acceptors (Lipinski definition) is 0. The van der Waals surface area contributed by atoms with Crippen molar-refractivity contribution in [3.05, 3.63) is 283 Å². The number of aromatic nitrogens is 4. The molecule has 7 heterocycles. The molecule has 4 heteroatoms. The Hall–Kier alpha value is -9.90. The van der Waals surface area contributed by atoms with Crippen LogP contribution in [0.3, 0.4) is 0 Å². The van der Waals surface area contributed by atoms with E-state index >= 15 is 0 Å². The Morgan fingerprint density at radius 1 is 0.361 bits per heavy atom. The van der Waals surface area contributed by atoms with E-state index in [0.717, 1.165) is 32.1 Å². The van der Waals surface area contributed by atoms with Gasteiger partial charge in [-0.25, -0.2) is 0 Å². The molecule has 0 unspecified atom stereocenters. The molecule has 83 heavy (non-hydrogen) atoms. The third-order valence-electron chi connectivity index (χ3n) is 18.5. The molecule has 13 aromatic rings. The second-order valence-corrected chi connectivity index (χ2v) is 23.1. The van der Waals surface area contributed by atoms with Crippen LogP contribution in [-0.4, -0.2) is 0 Å². The number of rotatable bonds is 5. The van der Waals surface area contributed by atoms with E-state index in [2.05, 4.69) is 294 Å². The van der Waals surface area contributed by atoms with E-state index in [1.807, 2.05) is 0 Å². The van der Waals surface area contributed by atoms with Gasteiger partial charge in [0.25, 0.3) is 11.4 Å². The minimum atomic E-state index is 0.510. The van der Waals surface area contributed by atoms with E-state index in [9.17, 15) is 0 Å². The lowest BCUT2D eigenvalue weighted by Crippen LogP contribution is -2.53. The van der Waals surface area contributed by atoms with Crippen molar-refractivity contribution in [1.82, 2.24) is 0 Å². The van der Waals surface area contributed by atoms with Crippen LogP contribution in [0.1, 0.15) is 60.4 Å². The molecule has 0 saturated carbocycles. The number of nitrogens with zero attached hydrogens (tertiary/aromatic N) is 4. The maximum atomic E-state index is 2.53. The first-order valence-corrected chi connectivity index (χ1v) is 29.7. The fraction of sp³-hybridized carbons (Fsp3) is 0.114. The van der Waals surface area contributed by atoms with Crippen molar-refractivity contribution in [2.24, 2.45) is 0 Å². The maximum Gasteiger partial charge on any atom is 0.344 e. The van der Waals surface area contributed by atoms with E-state index in [0.29, 0.717) is 12.6 Å². The van der Waals surface area contributed by atoms with Gasteiger partial charge in [0.1, 0.15) is 0 Å². The summed E-state index contributed by atoms with van der Waals surface area (Å²) in [6.45, 7) is 5.32. The summed E-state index contributed by atoms with van der Waals surface area (Å²) in [6.07, 6.45) is 18.6. The van der Waals surface area contributed by atoms with E-state index in [1.54, 1.807) is 0 Å². The molecule has 0 atom stereocenters. The molecular formula is C79H62N4+4. The fourth-order valence-electron chi connectivity index (χ4n) is 14.1. The highest BCUT2D eigenvalue weighted by Crippen LogP contribution is 2.42. The van der Waals surface area contributed by atoms with Gasteiger partial charge in [-0.3, -0.25) is 0 Å². The molecule has 394 valence electrons. The lowest BCUT2D eigenvalue weighted by molar-refractivity contribution is -0.903. The normalized spacial score (nSPS) is 14.2. The fourth-order valence-corrected chi connectivity index (χ4v) is 14.1. The molecule has 0 saturated heterocycles. The van der Waals surface area contributed by atoms with Gasteiger partial charge in [-0.1, -0.05) is 147 Å². The molecule has 3 aliphatic heterocycles. The molecular weight excluding hydrogens is 1000 g/mol. The number of fused-ring (bicyclic) bond motifs is 18. The first-order chi connectivity index (χ1) is 41.0. The zero-order chi connectivity index (χ0) is 55.1. The van der Waals surface area contributed by atoms with Crippen molar-refractivity contribution in [2.45, 2.75) is 58.5 Å². The molecule has 0 aliphatic carbocycles. The minimum absolute atomic E-state index is 0.510. The van der Waals surface area contributed by atoms with Crippen molar-refractivity contribution >= 4 is 60.6 Å². The molecule has 4 nitrogen and oxygen atoms in total. The summed E-state index contributed by atoms with van der Waals surface area (Å²) in [4.78, 5) is 0. The van der Waals surface area contributed by atoms with Crippen LogP contribution in [0.5, 0.6) is 0 Å². The molecule has 16 rings (SSSR count). The summed E-state index contributed by atoms with van der Waals surface area (Å²) >= 11 is 0. The largest absolute Gasteiger partial charge is 0.344 e. The van der Waals surface area contributed by atoms with Gasteiger partial charge in [0.05, 0.1) is 35.1 Å². The number of hydrogen-bond donors (Lipinski definition) is 0. The van der Waals surface area contributed by atoms with Crippen molar-refractivity contribution < 1.29 is 18.3 Å². The number of benzene rings is 9. The predicted molar refractivity (Wildman–Crippen MR) is 341 cm³/mol. The maximum absolute atomic E-state index is 2.53. The molecule has 0 N–H and O–H groups in total. The van der Waals surface area contributed by atoms with E-state index in [4.69, 9.17) is 0 Å². The van der Waals surface area contributed by atoms with E-state index in [-0.39, 0.29) is 0 Å². The first kappa shape index (κ1) is 49.0. The van der Waals surface area contributed by atoms with Gasteiger partial charge < -0.3 is 0 Å². The van der Waals surface area contributed by atoms with Gasteiger partial charge in [-0.15, -0.1) is 9.13 Å². The van der Waals surface area contributed by atoms with Gasteiger partial charge in [-0.2, -0.15) is 9.13 Å². The number of allylic oxidation sites excluding steroid dienone is 3. The molecule has 0 fully saturated rings. The van der Waals surface area contributed by atoms with Crippen LogP contribution in [0, 0.1) is 0 Å². The van der Waals surface area contributed by atoms with Crippen LogP contribution < -0.4 is 18.3 Å². The number of pyridine rings is 4. The molecule has 4 aromatic heterocycles. The first-order valence-electron chi connectivity index (χ1n) is 29.7. The third kappa shape index (κ3) is 8.34.